The van der Waals surface area contributed by atoms with Crippen LogP contribution in [0, 0.1) is 0 Å². The average Bonchev–Trinajstić information content (AvgIpc) is 2.77. The van der Waals surface area contributed by atoms with Crippen LogP contribution in [0.15, 0.2) is 0 Å². The van der Waals surface area contributed by atoms with Crippen molar-refractivity contribution in [3.05, 3.63) is 0 Å². The van der Waals surface area contributed by atoms with Crippen LogP contribution in [0.1, 0.15) is 12.8 Å². The molecule has 3 amide bonds. The van der Waals surface area contributed by atoms with Gasteiger partial charge < -0.3 is 10.4 Å². The number of nitrogens with zero attached hydrogens (tertiary/aromatic N) is 1. The summed E-state index contributed by atoms with van der Waals surface area (Å²) in [4.78, 5) is 23.4. The molecule has 2 rings (SSSR count). The van der Waals surface area contributed by atoms with Gasteiger partial charge in [0.15, 0.2) is 0 Å². The highest BCUT2D eigenvalue weighted by Crippen LogP contribution is 2.42. The zero-order chi connectivity index (χ0) is 8.77. The lowest BCUT2D eigenvalue weighted by molar-refractivity contribution is -0.127. The van der Waals surface area contributed by atoms with Gasteiger partial charge in [0, 0.05) is 0 Å². The Labute approximate surface area is 69.3 Å². The van der Waals surface area contributed by atoms with Crippen LogP contribution in [0.5, 0.6) is 0 Å². The standard InChI is InChI=1S/C7H10N2O3/c10-4-7(1-2-7)9-5(11)3-8-6(9)12/h10H,1-4H2,(H,8,12). The molecule has 12 heavy (non-hydrogen) atoms. The molecule has 0 aromatic carbocycles. The van der Waals surface area contributed by atoms with Crippen molar-refractivity contribution >= 4 is 11.9 Å². The smallest absolute Gasteiger partial charge is 0.325 e. The van der Waals surface area contributed by atoms with E-state index in [1.165, 1.54) is 0 Å². The van der Waals surface area contributed by atoms with Gasteiger partial charge in [-0.3, -0.25) is 9.69 Å². The van der Waals surface area contributed by atoms with E-state index in [1.807, 2.05) is 0 Å². The van der Waals surface area contributed by atoms with Gasteiger partial charge in [0.25, 0.3) is 5.91 Å². The second kappa shape index (κ2) is 2.20. The summed E-state index contributed by atoms with van der Waals surface area (Å²) in [5.74, 6) is -0.230. The monoisotopic (exact) mass is 170 g/mol. The summed E-state index contributed by atoms with van der Waals surface area (Å²) < 4.78 is 0. The Morgan fingerprint density at radius 1 is 1.50 bits per heavy atom. The molecule has 5 heteroatoms. The molecule has 0 aromatic heterocycles. The predicted octanol–water partition coefficient (Wildman–Crippen LogP) is -0.937. The van der Waals surface area contributed by atoms with Crippen LogP contribution in [0.2, 0.25) is 0 Å². The molecular weight excluding hydrogens is 160 g/mol. The fraction of sp³-hybridized carbons (Fsp3) is 0.714. The number of aliphatic hydroxyl groups excluding tert-OH is 1. The lowest BCUT2D eigenvalue weighted by Crippen LogP contribution is -2.44. The van der Waals surface area contributed by atoms with Gasteiger partial charge in [0.05, 0.1) is 18.7 Å². The predicted molar refractivity (Wildman–Crippen MR) is 39.3 cm³/mol. The first kappa shape index (κ1) is 7.54. The summed E-state index contributed by atoms with van der Waals surface area (Å²) in [5, 5.41) is 11.4. The van der Waals surface area contributed by atoms with Gasteiger partial charge in [-0.15, -0.1) is 0 Å². The van der Waals surface area contributed by atoms with Gasteiger partial charge in [0.1, 0.15) is 0 Å². The maximum absolute atomic E-state index is 11.2. The Kier molecular flexibility index (Phi) is 1.38. The molecule has 1 saturated carbocycles. The Morgan fingerprint density at radius 3 is 2.50 bits per heavy atom. The van der Waals surface area contributed by atoms with Crippen LogP contribution in [0.4, 0.5) is 4.79 Å². The lowest BCUT2D eigenvalue weighted by Gasteiger charge is -2.21. The number of imide groups is 1. The van der Waals surface area contributed by atoms with E-state index in [2.05, 4.69) is 5.32 Å². The largest absolute Gasteiger partial charge is 0.394 e. The maximum atomic E-state index is 11.2. The van der Waals surface area contributed by atoms with Crippen molar-refractivity contribution in [1.29, 1.82) is 0 Å². The molecule has 2 fully saturated rings. The molecule has 0 radical (unpaired) electrons. The van der Waals surface area contributed by atoms with Crippen molar-refractivity contribution < 1.29 is 14.7 Å². The van der Waals surface area contributed by atoms with Crippen molar-refractivity contribution in [2.75, 3.05) is 13.2 Å². The van der Waals surface area contributed by atoms with E-state index in [-0.39, 0.29) is 25.1 Å². The normalized spacial score (nSPS) is 25.9. The van der Waals surface area contributed by atoms with E-state index >= 15 is 0 Å². The molecule has 0 bridgehead atoms. The Hall–Kier alpha value is -1.10. The lowest BCUT2D eigenvalue weighted by atomic mass is 10.2. The molecule has 5 nitrogen and oxygen atoms in total. The van der Waals surface area contributed by atoms with Gasteiger partial charge >= 0.3 is 6.03 Å². The molecule has 0 atom stereocenters. The van der Waals surface area contributed by atoms with Crippen molar-refractivity contribution in [2.24, 2.45) is 0 Å². The minimum atomic E-state index is -0.558. The third-order valence-corrected chi connectivity index (χ3v) is 2.44. The van der Waals surface area contributed by atoms with Crippen molar-refractivity contribution in [1.82, 2.24) is 10.2 Å². The molecule has 1 heterocycles. The summed E-state index contributed by atoms with van der Waals surface area (Å²) in [7, 11) is 0. The van der Waals surface area contributed by atoms with E-state index in [1.54, 1.807) is 0 Å². The van der Waals surface area contributed by atoms with E-state index in [0.717, 1.165) is 17.7 Å². The molecule has 0 spiro atoms. The number of carbonyl (C=O) groups excluding carboxylic acids is 2. The number of nitrogens with one attached hydrogen (secondary N) is 1. The Morgan fingerprint density at radius 2 is 2.17 bits per heavy atom. The van der Waals surface area contributed by atoms with E-state index in [9.17, 15) is 9.59 Å². The molecule has 0 unspecified atom stereocenters. The number of hydrogen-bond acceptors (Lipinski definition) is 3. The van der Waals surface area contributed by atoms with E-state index < -0.39 is 5.54 Å². The van der Waals surface area contributed by atoms with Crippen LogP contribution in [-0.2, 0) is 4.79 Å². The number of hydrogen-bond donors (Lipinski definition) is 2. The fourth-order valence-corrected chi connectivity index (χ4v) is 1.50. The van der Waals surface area contributed by atoms with Gasteiger partial charge in [-0.05, 0) is 12.8 Å². The second-order valence-corrected chi connectivity index (χ2v) is 3.27. The van der Waals surface area contributed by atoms with Crippen LogP contribution in [-0.4, -0.2) is 40.6 Å². The highest BCUT2D eigenvalue weighted by molar-refractivity contribution is 6.03. The number of rotatable bonds is 2. The molecule has 0 aromatic rings. The Balaban J connectivity index is 2.21. The maximum Gasteiger partial charge on any atom is 0.325 e. The van der Waals surface area contributed by atoms with Crippen LogP contribution in [0.3, 0.4) is 0 Å². The highest BCUT2D eigenvalue weighted by atomic mass is 16.3. The molecule has 1 aliphatic heterocycles. The minimum Gasteiger partial charge on any atom is -0.394 e. The summed E-state index contributed by atoms with van der Waals surface area (Å²) in [6, 6.07) is -0.369. The Bertz CT molecular complexity index is 231. The molecule has 2 aliphatic rings. The quantitative estimate of drug-likeness (QED) is 0.526. The third kappa shape index (κ3) is 0.828. The highest BCUT2D eigenvalue weighted by Gasteiger charge is 2.54. The summed E-state index contributed by atoms with van der Waals surface area (Å²) >= 11 is 0. The first-order valence-corrected chi connectivity index (χ1v) is 3.91. The second-order valence-electron chi connectivity index (χ2n) is 3.27. The topological polar surface area (TPSA) is 69.6 Å². The zero-order valence-electron chi connectivity index (χ0n) is 6.54. The summed E-state index contributed by atoms with van der Waals surface area (Å²) in [6.45, 7) is -0.0489. The van der Waals surface area contributed by atoms with Gasteiger partial charge in [-0.25, -0.2) is 4.79 Å². The first-order valence-electron chi connectivity index (χ1n) is 3.91. The van der Waals surface area contributed by atoms with Crippen molar-refractivity contribution in [2.45, 2.75) is 18.4 Å². The van der Waals surface area contributed by atoms with Gasteiger partial charge in [-0.2, -0.15) is 0 Å². The molecule has 1 aliphatic carbocycles. The van der Waals surface area contributed by atoms with E-state index in [0.29, 0.717) is 0 Å². The SMILES string of the molecule is O=C1CNC(=O)N1C1(CO)CC1. The average molecular weight is 170 g/mol. The minimum absolute atomic E-state index is 0.0700. The molecule has 66 valence electrons. The number of aliphatic hydroxyl groups is 1. The zero-order valence-corrected chi connectivity index (χ0v) is 6.54. The van der Waals surface area contributed by atoms with Gasteiger partial charge in [0.2, 0.25) is 0 Å². The fourth-order valence-electron chi connectivity index (χ4n) is 1.50. The number of urea groups is 1. The molecule has 1 saturated heterocycles. The molecular formula is C7H10N2O3. The third-order valence-electron chi connectivity index (χ3n) is 2.44. The van der Waals surface area contributed by atoms with Gasteiger partial charge in [-0.1, -0.05) is 0 Å². The number of amides is 3. The van der Waals surface area contributed by atoms with Crippen LogP contribution in [0.25, 0.3) is 0 Å². The van der Waals surface area contributed by atoms with Crippen molar-refractivity contribution in [3.63, 3.8) is 0 Å². The number of carbonyl (C=O) groups is 2. The van der Waals surface area contributed by atoms with Crippen LogP contribution < -0.4 is 5.32 Å². The summed E-state index contributed by atoms with van der Waals surface area (Å²) in [6.07, 6.45) is 1.45. The van der Waals surface area contributed by atoms with Crippen LogP contribution >= 0.6 is 0 Å². The van der Waals surface area contributed by atoms with Crippen molar-refractivity contribution in [3.8, 4) is 0 Å². The van der Waals surface area contributed by atoms with E-state index in [4.69, 9.17) is 5.11 Å². The molecule has 2 N–H and O–H groups in total. The summed E-state index contributed by atoms with van der Waals surface area (Å²) in [5.41, 5.74) is -0.558. The first-order chi connectivity index (χ1) is 5.69.